The molecule has 2 aliphatic rings. The Labute approximate surface area is 143 Å². The zero-order chi connectivity index (χ0) is 16.1. The normalized spacial score (nSPS) is 23.5. The summed E-state index contributed by atoms with van der Waals surface area (Å²) in [4.78, 5) is 16.3. The van der Waals surface area contributed by atoms with E-state index in [1.807, 2.05) is 11.3 Å². The van der Waals surface area contributed by atoms with Crippen LogP contribution >= 0.6 is 11.3 Å². The van der Waals surface area contributed by atoms with Crippen LogP contribution in [0, 0.1) is 0 Å². The van der Waals surface area contributed by atoms with Crippen LogP contribution in [-0.2, 0) is 4.79 Å². The predicted octanol–water partition coefficient (Wildman–Crippen LogP) is 4.28. The number of allylic oxidation sites excluding steroid dienone is 1. The minimum Gasteiger partial charge on any atom is -0.354 e. The maximum atomic E-state index is 12.5. The lowest BCUT2D eigenvalue weighted by Crippen LogP contribution is -2.44. The topological polar surface area (TPSA) is 32.3 Å². The zero-order valence-electron chi connectivity index (χ0n) is 14.1. The van der Waals surface area contributed by atoms with Gasteiger partial charge in [0.1, 0.15) is 0 Å². The van der Waals surface area contributed by atoms with Crippen LogP contribution < -0.4 is 5.32 Å². The van der Waals surface area contributed by atoms with Gasteiger partial charge in [-0.2, -0.15) is 0 Å². The Kier molecular flexibility index (Phi) is 5.90. The van der Waals surface area contributed by atoms with Crippen LogP contribution in [0.5, 0.6) is 0 Å². The van der Waals surface area contributed by atoms with Gasteiger partial charge in [-0.25, -0.2) is 0 Å². The Bertz CT molecular complexity index is 538. The van der Waals surface area contributed by atoms with Crippen molar-refractivity contribution in [1.29, 1.82) is 0 Å². The average molecular weight is 333 g/mol. The summed E-state index contributed by atoms with van der Waals surface area (Å²) in [5.41, 5.74) is 1.53. The van der Waals surface area contributed by atoms with E-state index in [1.165, 1.54) is 49.0 Å². The molecular weight excluding hydrogens is 304 g/mol. The van der Waals surface area contributed by atoms with E-state index in [1.54, 1.807) is 0 Å². The van der Waals surface area contributed by atoms with Gasteiger partial charge in [-0.05, 0) is 69.9 Å². The first kappa shape index (κ1) is 16.7. The van der Waals surface area contributed by atoms with E-state index >= 15 is 0 Å². The Hall–Kier alpha value is -1.13. The molecule has 4 heteroatoms. The summed E-state index contributed by atoms with van der Waals surface area (Å²) in [5.74, 6) is 0.185. The molecule has 1 N–H and O–H groups in total. The Morgan fingerprint density at radius 2 is 2.35 bits per heavy atom. The number of nitrogens with zero attached hydrogens (tertiary/aromatic N) is 1. The van der Waals surface area contributed by atoms with Gasteiger partial charge in [-0.1, -0.05) is 17.7 Å². The Balaban J connectivity index is 1.49. The van der Waals surface area contributed by atoms with Gasteiger partial charge in [-0.15, -0.1) is 11.3 Å². The van der Waals surface area contributed by atoms with Gasteiger partial charge in [0.25, 0.3) is 0 Å². The molecule has 1 aliphatic heterocycles. The number of amides is 1. The molecule has 2 atom stereocenters. The van der Waals surface area contributed by atoms with E-state index in [2.05, 4.69) is 40.7 Å². The van der Waals surface area contributed by atoms with Crippen LogP contribution in [0.2, 0.25) is 0 Å². The van der Waals surface area contributed by atoms with Crippen molar-refractivity contribution in [2.45, 2.75) is 64.0 Å². The summed E-state index contributed by atoms with van der Waals surface area (Å²) in [7, 11) is 0. The fourth-order valence-corrected chi connectivity index (χ4v) is 4.70. The third-order valence-electron chi connectivity index (χ3n) is 5.17. The van der Waals surface area contributed by atoms with E-state index < -0.39 is 0 Å². The predicted molar refractivity (Wildman–Crippen MR) is 96.6 cm³/mol. The lowest BCUT2D eigenvalue weighted by molar-refractivity contribution is -0.126. The number of carbonyl (C=O) groups excluding carboxylic acids is 1. The summed E-state index contributed by atoms with van der Waals surface area (Å²) in [5, 5.41) is 5.29. The summed E-state index contributed by atoms with van der Waals surface area (Å²) in [6.07, 6.45) is 10.8. The molecule has 0 bridgehead atoms. The summed E-state index contributed by atoms with van der Waals surface area (Å²) < 4.78 is 0. The van der Waals surface area contributed by atoms with Crippen molar-refractivity contribution in [3.8, 4) is 0 Å². The van der Waals surface area contributed by atoms with Gasteiger partial charge in [0, 0.05) is 17.5 Å². The number of likely N-dealkylation sites (tertiary alicyclic amines) is 1. The summed E-state index contributed by atoms with van der Waals surface area (Å²) >= 11 is 1.81. The third kappa shape index (κ3) is 4.24. The number of hydrogen-bond acceptors (Lipinski definition) is 3. The quantitative estimate of drug-likeness (QED) is 0.789. The number of thiophene rings is 1. The molecule has 1 aromatic rings. The molecule has 0 radical (unpaired) electrons. The van der Waals surface area contributed by atoms with Gasteiger partial charge < -0.3 is 5.32 Å². The number of carbonyl (C=O) groups is 1. The molecule has 1 fully saturated rings. The molecule has 0 spiro atoms. The first-order valence-electron chi connectivity index (χ1n) is 9.00. The first-order valence-corrected chi connectivity index (χ1v) is 9.88. The molecule has 1 aliphatic carbocycles. The van der Waals surface area contributed by atoms with Crippen molar-refractivity contribution < 1.29 is 4.79 Å². The summed E-state index contributed by atoms with van der Waals surface area (Å²) in [6, 6.07) is 4.70. The number of nitrogens with one attached hydrogen (secondary N) is 1. The minimum atomic E-state index is -0.0371. The van der Waals surface area contributed by atoms with Gasteiger partial charge in [0.15, 0.2) is 0 Å². The standard InChI is InChI=1S/C19H28N2OS/c1-15(19(22)20-12-11-16-7-3-2-4-8-16)21-13-5-9-17(21)18-10-6-14-23-18/h6-7,10,14-15,17H,2-5,8-9,11-13H2,1H3,(H,20,22). The van der Waals surface area contributed by atoms with Crippen LogP contribution in [0.3, 0.4) is 0 Å². The van der Waals surface area contributed by atoms with Gasteiger partial charge in [0.2, 0.25) is 5.91 Å². The van der Waals surface area contributed by atoms with Gasteiger partial charge >= 0.3 is 0 Å². The van der Waals surface area contributed by atoms with Crippen molar-refractivity contribution in [3.05, 3.63) is 34.0 Å². The third-order valence-corrected chi connectivity index (χ3v) is 6.15. The molecule has 1 saturated heterocycles. The van der Waals surface area contributed by atoms with Crippen LogP contribution in [0.4, 0.5) is 0 Å². The highest BCUT2D eigenvalue weighted by molar-refractivity contribution is 7.10. The molecule has 3 nitrogen and oxygen atoms in total. The largest absolute Gasteiger partial charge is 0.354 e. The number of rotatable bonds is 6. The maximum Gasteiger partial charge on any atom is 0.237 e. The molecule has 1 aromatic heterocycles. The fourth-order valence-electron chi connectivity index (χ4n) is 3.82. The monoisotopic (exact) mass is 332 g/mol. The maximum absolute atomic E-state index is 12.5. The summed E-state index contributed by atoms with van der Waals surface area (Å²) in [6.45, 7) is 3.87. The average Bonchev–Trinajstić information content (AvgIpc) is 3.26. The molecular formula is C19H28N2OS. The van der Waals surface area contributed by atoms with Crippen molar-refractivity contribution >= 4 is 17.2 Å². The minimum absolute atomic E-state index is 0.0371. The van der Waals surface area contributed by atoms with Crippen molar-refractivity contribution in [1.82, 2.24) is 10.2 Å². The van der Waals surface area contributed by atoms with E-state index in [-0.39, 0.29) is 11.9 Å². The van der Waals surface area contributed by atoms with E-state index in [9.17, 15) is 4.79 Å². The number of hydrogen-bond donors (Lipinski definition) is 1. The molecule has 1 amide bonds. The molecule has 23 heavy (non-hydrogen) atoms. The van der Waals surface area contributed by atoms with Crippen LogP contribution in [0.25, 0.3) is 0 Å². The van der Waals surface area contributed by atoms with E-state index in [4.69, 9.17) is 0 Å². The highest BCUT2D eigenvalue weighted by Crippen LogP contribution is 2.35. The zero-order valence-corrected chi connectivity index (χ0v) is 14.9. The second-order valence-electron chi connectivity index (χ2n) is 6.74. The SMILES string of the molecule is CC(C(=O)NCCC1=CCCCC1)N1CCCC1c1cccs1. The van der Waals surface area contributed by atoms with Gasteiger partial charge in [-0.3, -0.25) is 9.69 Å². The lowest BCUT2D eigenvalue weighted by atomic mass is 9.97. The Morgan fingerprint density at radius 1 is 1.43 bits per heavy atom. The van der Waals surface area contributed by atoms with Crippen molar-refractivity contribution in [3.63, 3.8) is 0 Å². The molecule has 0 saturated carbocycles. The molecule has 126 valence electrons. The van der Waals surface area contributed by atoms with Crippen molar-refractivity contribution in [2.24, 2.45) is 0 Å². The molecule has 3 rings (SSSR count). The van der Waals surface area contributed by atoms with E-state index in [0.717, 1.165) is 19.5 Å². The first-order chi connectivity index (χ1) is 11.3. The smallest absolute Gasteiger partial charge is 0.237 e. The Morgan fingerprint density at radius 3 is 3.09 bits per heavy atom. The van der Waals surface area contributed by atoms with Gasteiger partial charge in [0.05, 0.1) is 6.04 Å². The second kappa shape index (κ2) is 8.11. The van der Waals surface area contributed by atoms with Crippen LogP contribution in [-0.4, -0.2) is 29.9 Å². The highest BCUT2D eigenvalue weighted by atomic mass is 32.1. The molecule has 2 heterocycles. The lowest BCUT2D eigenvalue weighted by Gasteiger charge is -2.29. The second-order valence-corrected chi connectivity index (χ2v) is 7.72. The van der Waals surface area contributed by atoms with Crippen molar-refractivity contribution in [2.75, 3.05) is 13.1 Å². The van der Waals surface area contributed by atoms with E-state index in [0.29, 0.717) is 6.04 Å². The van der Waals surface area contributed by atoms with Crippen LogP contribution in [0.1, 0.15) is 62.8 Å². The van der Waals surface area contributed by atoms with Crippen LogP contribution in [0.15, 0.2) is 29.2 Å². The highest BCUT2D eigenvalue weighted by Gasteiger charge is 2.33. The molecule has 2 unspecified atom stereocenters. The fraction of sp³-hybridized carbons (Fsp3) is 0.632. The molecule has 0 aromatic carbocycles.